The molecule has 0 spiro atoms. The van der Waals surface area contributed by atoms with Gasteiger partial charge in [-0.1, -0.05) is 55.8 Å². The molecule has 0 heterocycles. The van der Waals surface area contributed by atoms with Crippen molar-refractivity contribution in [1.29, 1.82) is 0 Å². The van der Waals surface area contributed by atoms with Gasteiger partial charge in [-0.3, -0.25) is 0 Å². The van der Waals surface area contributed by atoms with E-state index in [9.17, 15) is 4.79 Å². The summed E-state index contributed by atoms with van der Waals surface area (Å²) in [6.07, 6.45) is 0. The summed E-state index contributed by atoms with van der Waals surface area (Å²) in [5.74, 6) is 0.203. The van der Waals surface area contributed by atoms with Crippen molar-refractivity contribution < 1.29 is 9.53 Å². The standard InChI is InChI=1S/C18H20O2/c1-12(2)14-6-8-15(9-7-14)17-11-13(3)5-10-16(17)18(19)20-4/h5-12H,1-4H3. The highest BCUT2D eigenvalue weighted by atomic mass is 16.5. The van der Waals surface area contributed by atoms with Crippen LogP contribution >= 0.6 is 0 Å². The number of aryl methyl sites for hydroxylation is 1. The van der Waals surface area contributed by atoms with E-state index in [0.29, 0.717) is 11.5 Å². The van der Waals surface area contributed by atoms with Crippen molar-refractivity contribution in [3.05, 3.63) is 59.2 Å². The molecule has 0 N–H and O–H groups in total. The van der Waals surface area contributed by atoms with Crippen molar-refractivity contribution >= 4 is 5.97 Å². The van der Waals surface area contributed by atoms with Gasteiger partial charge in [0.05, 0.1) is 12.7 Å². The van der Waals surface area contributed by atoms with Crippen LogP contribution in [0.2, 0.25) is 0 Å². The van der Waals surface area contributed by atoms with Crippen molar-refractivity contribution in [2.75, 3.05) is 7.11 Å². The second-order valence-corrected chi connectivity index (χ2v) is 5.32. The molecule has 0 saturated heterocycles. The highest BCUT2D eigenvalue weighted by Gasteiger charge is 2.13. The molecule has 0 aliphatic rings. The summed E-state index contributed by atoms with van der Waals surface area (Å²) >= 11 is 0. The largest absolute Gasteiger partial charge is 0.465 e. The van der Waals surface area contributed by atoms with Crippen LogP contribution in [0.25, 0.3) is 11.1 Å². The fourth-order valence-electron chi connectivity index (χ4n) is 2.23. The lowest BCUT2D eigenvalue weighted by Gasteiger charge is -2.11. The van der Waals surface area contributed by atoms with Gasteiger partial charge in [0.15, 0.2) is 0 Å². The molecule has 2 rings (SSSR count). The Hall–Kier alpha value is -2.09. The van der Waals surface area contributed by atoms with E-state index in [4.69, 9.17) is 4.74 Å². The van der Waals surface area contributed by atoms with Gasteiger partial charge in [-0.15, -0.1) is 0 Å². The molecule has 2 aromatic carbocycles. The summed E-state index contributed by atoms with van der Waals surface area (Å²) in [4.78, 5) is 11.9. The van der Waals surface area contributed by atoms with Crippen molar-refractivity contribution in [2.45, 2.75) is 26.7 Å². The van der Waals surface area contributed by atoms with Gasteiger partial charge < -0.3 is 4.74 Å². The molecule has 20 heavy (non-hydrogen) atoms. The van der Waals surface area contributed by atoms with Crippen LogP contribution in [0.4, 0.5) is 0 Å². The van der Waals surface area contributed by atoms with Gasteiger partial charge in [0, 0.05) is 0 Å². The Labute approximate surface area is 120 Å². The van der Waals surface area contributed by atoms with Crippen LogP contribution in [0.3, 0.4) is 0 Å². The lowest BCUT2D eigenvalue weighted by Crippen LogP contribution is -2.03. The fourth-order valence-corrected chi connectivity index (χ4v) is 2.23. The van der Waals surface area contributed by atoms with Gasteiger partial charge in [0.25, 0.3) is 0 Å². The van der Waals surface area contributed by atoms with E-state index in [1.54, 1.807) is 0 Å². The number of carbonyl (C=O) groups is 1. The molecule has 0 aromatic heterocycles. The first kappa shape index (κ1) is 14.3. The Morgan fingerprint density at radius 2 is 1.70 bits per heavy atom. The molecule has 2 aromatic rings. The Balaban J connectivity index is 2.50. The summed E-state index contributed by atoms with van der Waals surface area (Å²) in [5.41, 5.74) is 4.99. The number of rotatable bonds is 3. The normalized spacial score (nSPS) is 10.7. The molecule has 0 aliphatic heterocycles. The van der Waals surface area contributed by atoms with E-state index in [0.717, 1.165) is 16.7 Å². The quantitative estimate of drug-likeness (QED) is 0.762. The number of carbonyl (C=O) groups excluding carboxylic acids is 1. The highest BCUT2D eigenvalue weighted by molar-refractivity contribution is 5.97. The summed E-state index contributed by atoms with van der Waals surface area (Å²) in [5, 5.41) is 0. The van der Waals surface area contributed by atoms with Crippen LogP contribution < -0.4 is 0 Å². The maximum absolute atomic E-state index is 11.9. The molecule has 0 saturated carbocycles. The Morgan fingerprint density at radius 1 is 1.05 bits per heavy atom. The van der Waals surface area contributed by atoms with E-state index in [1.807, 2.05) is 25.1 Å². The number of hydrogen-bond acceptors (Lipinski definition) is 2. The third-order valence-corrected chi connectivity index (χ3v) is 3.47. The number of hydrogen-bond donors (Lipinski definition) is 0. The molecule has 0 atom stereocenters. The first-order valence-electron chi connectivity index (χ1n) is 6.82. The van der Waals surface area contributed by atoms with E-state index >= 15 is 0 Å². The zero-order chi connectivity index (χ0) is 14.7. The van der Waals surface area contributed by atoms with Crippen molar-refractivity contribution in [1.82, 2.24) is 0 Å². The summed E-state index contributed by atoms with van der Waals surface area (Å²) in [6.45, 7) is 6.36. The van der Waals surface area contributed by atoms with E-state index in [2.05, 4.69) is 38.1 Å². The molecule has 104 valence electrons. The van der Waals surface area contributed by atoms with Crippen molar-refractivity contribution in [3.63, 3.8) is 0 Å². The number of benzene rings is 2. The molecule has 0 aliphatic carbocycles. The van der Waals surface area contributed by atoms with Crippen molar-refractivity contribution in [2.24, 2.45) is 0 Å². The molecule has 0 fully saturated rings. The first-order valence-corrected chi connectivity index (χ1v) is 6.82. The second-order valence-electron chi connectivity index (χ2n) is 5.32. The summed E-state index contributed by atoms with van der Waals surface area (Å²) in [6, 6.07) is 14.1. The number of methoxy groups -OCH3 is 1. The van der Waals surface area contributed by atoms with Crippen LogP contribution in [0.15, 0.2) is 42.5 Å². The Bertz CT molecular complexity index is 610. The average molecular weight is 268 g/mol. The van der Waals surface area contributed by atoms with Gasteiger partial charge in [-0.25, -0.2) is 4.79 Å². The average Bonchev–Trinajstić information content (AvgIpc) is 2.46. The SMILES string of the molecule is COC(=O)c1ccc(C)cc1-c1ccc(C(C)C)cc1. The van der Waals surface area contributed by atoms with Crippen LogP contribution in [0.1, 0.15) is 41.3 Å². The van der Waals surface area contributed by atoms with Gasteiger partial charge >= 0.3 is 5.97 Å². The molecule has 0 bridgehead atoms. The smallest absolute Gasteiger partial charge is 0.338 e. The van der Waals surface area contributed by atoms with Gasteiger partial charge in [-0.2, -0.15) is 0 Å². The molecule has 0 unspecified atom stereocenters. The maximum Gasteiger partial charge on any atom is 0.338 e. The molecule has 2 heteroatoms. The minimum Gasteiger partial charge on any atom is -0.465 e. The number of ether oxygens (including phenoxy) is 1. The monoisotopic (exact) mass is 268 g/mol. The molecule has 0 radical (unpaired) electrons. The summed E-state index contributed by atoms with van der Waals surface area (Å²) in [7, 11) is 1.41. The van der Waals surface area contributed by atoms with E-state index in [-0.39, 0.29) is 5.97 Å². The van der Waals surface area contributed by atoms with E-state index in [1.165, 1.54) is 12.7 Å². The highest BCUT2D eigenvalue weighted by Crippen LogP contribution is 2.27. The summed E-state index contributed by atoms with van der Waals surface area (Å²) < 4.78 is 4.86. The zero-order valence-corrected chi connectivity index (χ0v) is 12.4. The van der Waals surface area contributed by atoms with Crippen molar-refractivity contribution in [3.8, 4) is 11.1 Å². The van der Waals surface area contributed by atoms with Gasteiger partial charge in [-0.05, 0) is 35.6 Å². The Morgan fingerprint density at radius 3 is 2.25 bits per heavy atom. The second kappa shape index (κ2) is 5.91. The van der Waals surface area contributed by atoms with Crippen LogP contribution in [-0.4, -0.2) is 13.1 Å². The van der Waals surface area contributed by atoms with E-state index < -0.39 is 0 Å². The van der Waals surface area contributed by atoms with Crippen LogP contribution in [-0.2, 0) is 4.74 Å². The van der Waals surface area contributed by atoms with Crippen LogP contribution in [0, 0.1) is 6.92 Å². The van der Waals surface area contributed by atoms with Gasteiger partial charge in [0.2, 0.25) is 0 Å². The molecule has 2 nitrogen and oxygen atoms in total. The zero-order valence-electron chi connectivity index (χ0n) is 12.4. The minimum atomic E-state index is -0.298. The molecular formula is C18H20O2. The lowest BCUT2D eigenvalue weighted by atomic mass is 9.95. The predicted octanol–water partition coefficient (Wildman–Crippen LogP) is 4.57. The fraction of sp³-hybridized carbons (Fsp3) is 0.278. The maximum atomic E-state index is 11.9. The third-order valence-electron chi connectivity index (χ3n) is 3.47. The first-order chi connectivity index (χ1) is 9.52. The third kappa shape index (κ3) is 2.90. The van der Waals surface area contributed by atoms with Gasteiger partial charge in [0.1, 0.15) is 0 Å². The topological polar surface area (TPSA) is 26.3 Å². The molecule has 0 amide bonds. The lowest BCUT2D eigenvalue weighted by molar-refractivity contribution is 0.0601. The van der Waals surface area contributed by atoms with Crippen LogP contribution in [0.5, 0.6) is 0 Å². The predicted molar refractivity (Wildman–Crippen MR) is 82.0 cm³/mol. The number of esters is 1. The molecular weight excluding hydrogens is 248 g/mol. The Kier molecular flexibility index (Phi) is 4.23. The minimum absolute atomic E-state index is 0.298.